The summed E-state index contributed by atoms with van der Waals surface area (Å²) in [6.45, 7) is 5.68. The number of hydrogen-bond donors (Lipinski definition) is 2. The lowest BCUT2D eigenvalue weighted by Crippen LogP contribution is -2.26. The molecular weight excluding hydrogens is 328 g/mol. The van der Waals surface area contributed by atoms with Crippen LogP contribution in [0.5, 0.6) is 11.5 Å². The molecule has 1 fully saturated rings. The lowest BCUT2D eigenvalue weighted by Gasteiger charge is -2.15. The number of methoxy groups -OCH3 is 1. The van der Waals surface area contributed by atoms with Crippen LogP contribution in [0.15, 0.2) is 18.2 Å². The molecule has 1 heterocycles. The largest absolute Gasteiger partial charge is 0.497 e. The van der Waals surface area contributed by atoms with Gasteiger partial charge >= 0.3 is 0 Å². The fourth-order valence-corrected chi connectivity index (χ4v) is 3.20. The molecule has 1 saturated heterocycles. The van der Waals surface area contributed by atoms with E-state index in [9.17, 15) is 9.59 Å². The molecule has 2 rings (SSSR count). The predicted octanol–water partition coefficient (Wildman–Crippen LogP) is 2.36. The number of nitrogens with one attached hydrogen (secondary N) is 2. The second-order valence-corrected chi connectivity index (χ2v) is 7.05. The number of carbonyl (C=O) groups excluding carboxylic acids is 2. The van der Waals surface area contributed by atoms with E-state index in [-0.39, 0.29) is 11.1 Å². The fourth-order valence-electron chi connectivity index (χ4n) is 2.36. The number of thioether (sulfide) groups is 1. The van der Waals surface area contributed by atoms with Gasteiger partial charge in [-0.2, -0.15) is 0 Å². The molecule has 0 spiro atoms. The average molecular weight is 352 g/mol. The highest BCUT2D eigenvalue weighted by Crippen LogP contribution is 2.30. The highest BCUT2D eigenvalue weighted by molar-refractivity contribution is 8.15. The number of carbonyl (C=O) groups is 2. The van der Waals surface area contributed by atoms with E-state index in [0.29, 0.717) is 24.8 Å². The second kappa shape index (κ2) is 8.94. The Hall–Kier alpha value is -1.73. The predicted molar refractivity (Wildman–Crippen MR) is 94.9 cm³/mol. The number of imide groups is 1. The molecule has 0 aromatic heterocycles. The Balaban J connectivity index is 1.99. The van der Waals surface area contributed by atoms with Crippen molar-refractivity contribution in [2.24, 2.45) is 0 Å². The van der Waals surface area contributed by atoms with Crippen LogP contribution in [0.3, 0.4) is 0 Å². The van der Waals surface area contributed by atoms with Gasteiger partial charge < -0.3 is 14.8 Å². The van der Waals surface area contributed by atoms with Crippen molar-refractivity contribution in [3.63, 3.8) is 0 Å². The smallest absolute Gasteiger partial charge is 0.286 e. The number of ether oxygens (including phenoxy) is 2. The quantitative estimate of drug-likeness (QED) is 0.665. The molecule has 0 radical (unpaired) electrons. The van der Waals surface area contributed by atoms with Gasteiger partial charge in [-0.25, -0.2) is 0 Å². The van der Waals surface area contributed by atoms with E-state index in [2.05, 4.69) is 24.5 Å². The van der Waals surface area contributed by atoms with Crippen molar-refractivity contribution in [1.82, 2.24) is 10.6 Å². The summed E-state index contributed by atoms with van der Waals surface area (Å²) in [6.07, 6.45) is 1.32. The van der Waals surface area contributed by atoms with E-state index in [1.807, 2.05) is 18.2 Å². The molecule has 1 aliphatic heterocycles. The molecule has 1 aromatic rings. The summed E-state index contributed by atoms with van der Waals surface area (Å²) in [6, 6.07) is 6.00. The van der Waals surface area contributed by atoms with Crippen molar-refractivity contribution in [3.8, 4) is 11.5 Å². The lowest BCUT2D eigenvalue weighted by atomic mass is 10.1. The molecule has 0 saturated carbocycles. The number of rotatable bonds is 9. The average Bonchev–Trinajstić information content (AvgIpc) is 2.85. The molecule has 2 amide bonds. The van der Waals surface area contributed by atoms with Gasteiger partial charge in [0.25, 0.3) is 5.24 Å². The summed E-state index contributed by atoms with van der Waals surface area (Å²) < 4.78 is 11.1. The number of benzene rings is 1. The topological polar surface area (TPSA) is 76.7 Å². The summed E-state index contributed by atoms with van der Waals surface area (Å²) in [5.74, 6) is 1.18. The first-order chi connectivity index (χ1) is 11.5. The molecule has 24 heavy (non-hydrogen) atoms. The van der Waals surface area contributed by atoms with Gasteiger partial charge in [-0.15, -0.1) is 0 Å². The summed E-state index contributed by atoms with van der Waals surface area (Å²) >= 11 is 1.02. The summed E-state index contributed by atoms with van der Waals surface area (Å²) in [5.41, 5.74) is 0.869. The third-order valence-electron chi connectivity index (χ3n) is 3.57. The zero-order valence-corrected chi connectivity index (χ0v) is 15.1. The zero-order valence-electron chi connectivity index (χ0n) is 14.3. The van der Waals surface area contributed by atoms with Crippen LogP contribution in [0.4, 0.5) is 4.79 Å². The maximum Gasteiger partial charge on any atom is 0.286 e. The van der Waals surface area contributed by atoms with Crippen molar-refractivity contribution >= 4 is 22.9 Å². The van der Waals surface area contributed by atoms with Gasteiger partial charge in [-0.05, 0) is 43.1 Å². The van der Waals surface area contributed by atoms with Gasteiger partial charge in [0.05, 0.1) is 19.0 Å². The van der Waals surface area contributed by atoms with Gasteiger partial charge in [0, 0.05) is 6.04 Å². The molecule has 0 bridgehead atoms. The normalized spacial score (nSPS) is 17.2. The van der Waals surface area contributed by atoms with E-state index in [4.69, 9.17) is 9.47 Å². The van der Waals surface area contributed by atoms with Crippen LogP contribution in [-0.4, -0.2) is 42.7 Å². The summed E-state index contributed by atoms with van der Waals surface area (Å²) in [5, 5.41) is 4.93. The van der Waals surface area contributed by atoms with Crippen LogP contribution in [-0.2, 0) is 11.2 Å². The SMILES string of the molecule is COc1ccc(OCCCNC(C)C)c(CC2SC(=O)NC2=O)c1. The Morgan fingerprint density at radius 2 is 2.12 bits per heavy atom. The van der Waals surface area contributed by atoms with Gasteiger partial charge in [0.1, 0.15) is 11.5 Å². The van der Waals surface area contributed by atoms with Crippen molar-refractivity contribution in [2.45, 2.75) is 38.0 Å². The van der Waals surface area contributed by atoms with Crippen molar-refractivity contribution in [2.75, 3.05) is 20.3 Å². The van der Waals surface area contributed by atoms with Gasteiger partial charge in [0.15, 0.2) is 0 Å². The van der Waals surface area contributed by atoms with E-state index < -0.39 is 5.25 Å². The molecule has 7 heteroatoms. The van der Waals surface area contributed by atoms with E-state index in [0.717, 1.165) is 36.0 Å². The number of amides is 2. The van der Waals surface area contributed by atoms with Crippen LogP contribution >= 0.6 is 11.8 Å². The minimum Gasteiger partial charge on any atom is -0.497 e. The molecule has 132 valence electrons. The Morgan fingerprint density at radius 3 is 2.75 bits per heavy atom. The molecule has 2 N–H and O–H groups in total. The van der Waals surface area contributed by atoms with Crippen molar-refractivity contribution in [3.05, 3.63) is 23.8 Å². The van der Waals surface area contributed by atoms with Gasteiger partial charge in [-0.1, -0.05) is 25.6 Å². The Morgan fingerprint density at radius 1 is 1.33 bits per heavy atom. The Kier molecular flexibility index (Phi) is 6.93. The monoisotopic (exact) mass is 352 g/mol. The zero-order chi connectivity index (χ0) is 17.5. The Labute approximate surface area is 146 Å². The van der Waals surface area contributed by atoms with E-state index in [1.54, 1.807) is 7.11 Å². The highest BCUT2D eigenvalue weighted by atomic mass is 32.2. The molecule has 1 atom stereocenters. The van der Waals surface area contributed by atoms with Crippen LogP contribution in [0, 0.1) is 0 Å². The second-order valence-electron chi connectivity index (χ2n) is 5.87. The van der Waals surface area contributed by atoms with Crippen LogP contribution in [0.25, 0.3) is 0 Å². The highest BCUT2D eigenvalue weighted by Gasteiger charge is 2.32. The minimum absolute atomic E-state index is 0.250. The Bertz CT molecular complexity index is 592. The first kappa shape index (κ1) is 18.6. The van der Waals surface area contributed by atoms with Crippen LogP contribution < -0.4 is 20.1 Å². The van der Waals surface area contributed by atoms with Crippen LogP contribution in [0.2, 0.25) is 0 Å². The first-order valence-electron chi connectivity index (χ1n) is 8.04. The van der Waals surface area contributed by atoms with E-state index in [1.165, 1.54) is 0 Å². The molecule has 1 aliphatic rings. The lowest BCUT2D eigenvalue weighted by molar-refractivity contribution is -0.118. The molecule has 1 aromatic carbocycles. The fraction of sp³-hybridized carbons (Fsp3) is 0.529. The maximum atomic E-state index is 11.8. The molecule has 1 unspecified atom stereocenters. The summed E-state index contributed by atoms with van der Waals surface area (Å²) in [7, 11) is 1.60. The molecular formula is C17H24N2O4S. The number of hydrogen-bond acceptors (Lipinski definition) is 6. The minimum atomic E-state index is -0.422. The van der Waals surface area contributed by atoms with Gasteiger partial charge in [0.2, 0.25) is 5.91 Å². The van der Waals surface area contributed by atoms with Crippen LogP contribution in [0.1, 0.15) is 25.8 Å². The maximum absolute atomic E-state index is 11.8. The van der Waals surface area contributed by atoms with Gasteiger partial charge in [-0.3, -0.25) is 14.9 Å². The first-order valence-corrected chi connectivity index (χ1v) is 8.92. The standard InChI is InChI=1S/C17H24N2O4S/c1-11(2)18-7-4-8-23-14-6-5-13(22-3)9-12(14)10-15-16(20)19-17(21)24-15/h5-6,9,11,15,18H,4,7-8,10H2,1-3H3,(H,19,20,21). The summed E-state index contributed by atoms with van der Waals surface area (Å²) in [4.78, 5) is 23.1. The third-order valence-corrected chi connectivity index (χ3v) is 4.55. The van der Waals surface area contributed by atoms with Crippen molar-refractivity contribution < 1.29 is 19.1 Å². The third kappa shape index (κ3) is 5.42. The molecule has 6 nitrogen and oxygen atoms in total. The van der Waals surface area contributed by atoms with Crippen molar-refractivity contribution in [1.29, 1.82) is 0 Å². The van der Waals surface area contributed by atoms with E-state index >= 15 is 0 Å². The molecule has 0 aliphatic carbocycles.